The molecule has 0 heterocycles. The molecule has 1 N–H and O–H groups in total. The normalized spacial score (nSPS) is 16.8. The van der Waals surface area contributed by atoms with E-state index in [1.165, 1.54) is 25.3 Å². The van der Waals surface area contributed by atoms with E-state index in [0.717, 1.165) is 24.6 Å². The molecule has 2 rings (SSSR count). The molecule has 1 aromatic rings. The Morgan fingerprint density at radius 1 is 1.37 bits per heavy atom. The van der Waals surface area contributed by atoms with Crippen LogP contribution in [0.25, 0.3) is 0 Å². The number of nitrogens with zero attached hydrogens (tertiary/aromatic N) is 1. The van der Waals surface area contributed by atoms with Crippen LogP contribution < -0.4 is 5.32 Å². The lowest BCUT2D eigenvalue weighted by atomic mass is 10.1. The fourth-order valence-electron chi connectivity index (χ4n) is 2.53. The van der Waals surface area contributed by atoms with Gasteiger partial charge in [-0.1, -0.05) is 25.1 Å². The molecule has 1 aromatic carbocycles. The molecule has 1 saturated carbocycles. The Hall–Kier alpha value is -0.930. The maximum absolute atomic E-state index is 13.6. The summed E-state index contributed by atoms with van der Waals surface area (Å²) in [6, 6.07) is 7.62. The van der Waals surface area contributed by atoms with Gasteiger partial charge in [-0.05, 0) is 44.8 Å². The van der Waals surface area contributed by atoms with E-state index in [9.17, 15) is 4.39 Å². The molecule has 1 aliphatic carbocycles. The van der Waals surface area contributed by atoms with E-state index >= 15 is 0 Å². The Balaban J connectivity index is 1.85. The van der Waals surface area contributed by atoms with Crippen LogP contribution in [-0.4, -0.2) is 31.1 Å². The van der Waals surface area contributed by atoms with Gasteiger partial charge in [-0.15, -0.1) is 0 Å². The Kier molecular flexibility index (Phi) is 5.34. The van der Waals surface area contributed by atoms with Gasteiger partial charge in [0.15, 0.2) is 0 Å². The molecule has 0 radical (unpaired) electrons. The summed E-state index contributed by atoms with van der Waals surface area (Å²) in [5.41, 5.74) is 0.787. The van der Waals surface area contributed by atoms with Gasteiger partial charge in [0, 0.05) is 24.7 Å². The lowest BCUT2D eigenvalue weighted by Crippen LogP contribution is -2.41. The minimum absolute atomic E-state index is 0.0983. The predicted molar refractivity (Wildman–Crippen MR) is 77.5 cm³/mol. The summed E-state index contributed by atoms with van der Waals surface area (Å²) in [4.78, 5) is 2.23. The van der Waals surface area contributed by atoms with E-state index in [-0.39, 0.29) is 5.82 Å². The van der Waals surface area contributed by atoms with Crippen LogP contribution in [0.2, 0.25) is 0 Å². The van der Waals surface area contributed by atoms with Gasteiger partial charge in [0.05, 0.1) is 0 Å². The Bertz CT molecular complexity index is 390. The van der Waals surface area contributed by atoms with Gasteiger partial charge in [0.2, 0.25) is 0 Å². The van der Waals surface area contributed by atoms with Crippen molar-refractivity contribution in [1.82, 2.24) is 10.2 Å². The van der Waals surface area contributed by atoms with Crippen molar-refractivity contribution in [3.8, 4) is 0 Å². The van der Waals surface area contributed by atoms with Crippen LogP contribution >= 0.6 is 0 Å². The molecule has 0 bridgehead atoms. The molecule has 2 nitrogen and oxygen atoms in total. The Morgan fingerprint density at radius 2 is 2.11 bits per heavy atom. The molecular formula is C16H25FN2. The fraction of sp³-hybridized carbons (Fsp3) is 0.625. The first-order chi connectivity index (χ1) is 9.20. The molecule has 0 saturated heterocycles. The molecule has 19 heavy (non-hydrogen) atoms. The van der Waals surface area contributed by atoms with E-state index in [4.69, 9.17) is 0 Å². The molecule has 1 unspecified atom stereocenters. The minimum atomic E-state index is -0.0983. The SMILES string of the molecule is CCCNC(CN(C)Cc1ccccc1F)C1CC1. The zero-order chi connectivity index (χ0) is 13.7. The van der Waals surface area contributed by atoms with Crippen LogP contribution in [0.15, 0.2) is 24.3 Å². The van der Waals surface area contributed by atoms with E-state index < -0.39 is 0 Å². The molecule has 0 amide bonds. The lowest BCUT2D eigenvalue weighted by Gasteiger charge is -2.25. The van der Waals surface area contributed by atoms with Crippen LogP contribution in [0, 0.1) is 11.7 Å². The van der Waals surface area contributed by atoms with Gasteiger partial charge >= 0.3 is 0 Å². The highest BCUT2D eigenvalue weighted by Crippen LogP contribution is 2.33. The topological polar surface area (TPSA) is 15.3 Å². The molecular weight excluding hydrogens is 239 g/mol. The molecule has 1 aliphatic rings. The molecule has 0 aliphatic heterocycles. The number of hydrogen-bond acceptors (Lipinski definition) is 2. The van der Waals surface area contributed by atoms with Crippen molar-refractivity contribution in [2.75, 3.05) is 20.1 Å². The van der Waals surface area contributed by atoms with Crippen LogP contribution in [0.4, 0.5) is 4.39 Å². The van der Waals surface area contributed by atoms with Gasteiger partial charge in [0.1, 0.15) is 5.82 Å². The highest BCUT2D eigenvalue weighted by Gasteiger charge is 2.31. The van der Waals surface area contributed by atoms with Crippen molar-refractivity contribution in [3.05, 3.63) is 35.6 Å². The van der Waals surface area contributed by atoms with Crippen molar-refractivity contribution >= 4 is 0 Å². The van der Waals surface area contributed by atoms with Crippen LogP contribution in [0.3, 0.4) is 0 Å². The smallest absolute Gasteiger partial charge is 0.127 e. The maximum Gasteiger partial charge on any atom is 0.127 e. The molecule has 0 aromatic heterocycles. The fourth-order valence-corrected chi connectivity index (χ4v) is 2.53. The van der Waals surface area contributed by atoms with Gasteiger partial charge in [-0.25, -0.2) is 4.39 Å². The summed E-state index contributed by atoms with van der Waals surface area (Å²) in [5, 5.41) is 3.63. The van der Waals surface area contributed by atoms with Crippen LogP contribution in [-0.2, 0) is 6.54 Å². The average molecular weight is 264 g/mol. The van der Waals surface area contributed by atoms with Gasteiger partial charge in [-0.2, -0.15) is 0 Å². The van der Waals surface area contributed by atoms with Gasteiger partial charge in [-0.3, -0.25) is 0 Å². The molecule has 1 fully saturated rings. The number of benzene rings is 1. The summed E-state index contributed by atoms with van der Waals surface area (Å²) < 4.78 is 13.6. The Labute approximate surface area is 116 Å². The monoisotopic (exact) mass is 264 g/mol. The summed E-state index contributed by atoms with van der Waals surface area (Å²) in [6.07, 6.45) is 3.85. The second-order valence-electron chi connectivity index (χ2n) is 5.69. The number of halogens is 1. The highest BCUT2D eigenvalue weighted by atomic mass is 19.1. The van der Waals surface area contributed by atoms with Crippen molar-refractivity contribution in [2.24, 2.45) is 5.92 Å². The molecule has 106 valence electrons. The zero-order valence-corrected chi connectivity index (χ0v) is 12.0. The van der Waals surface area contributed by atoms with E-state index in [1.54, 1.807) is 6.07 Å². The summed E-state index contributed by atoms with van der Waals surface area (Å²) >= 11 is 0. The third kappa shape index (κ3) is 4.59. The van der Waals surface area contributed by atoms with E-state index in [2.05, 4.69) is 24.2 Å². The minimum Gasteiger partial charge on any atom is -0.312 e. The number of likely N-dealkylation sites (N-methyl/N-ethyl adjacent to an activating group) is 1. The third-order valence-corrected chi connectivity index (χ3v) is 3.75. The largest absolute Gasteiger partial charge is 0.312 e. The lowest BCUT2D eigenvalue weighted by molar-refractivity contribution is 0.264. The van der Waals surface area contributed by atoms with Crippen LogP contribution in [0.1, 0.15) is 31.7 Å². The number of rotatable bonds is 8. The zero-order valence-electron chi connectivity index (χ0n) is 12.0. The van der Waals surface area contributed by atoms with Gasteiger partial charge in [0.25, 0.3) is 0 Å². The number of hydrogen-bond donors (Lipinski definition) is 1. The van der Waals surface area contributed by atoms with Crippen molar-refractivity contribution in [2.45, 2.75) is 38.8 Å². The second kappa shape index (κ2) is 7.01. The first kappa shape index (κ1) is 14.5. The van der Waals surface area contributed by atoms with E-state index in [1.807, 2.05) is 12.1 Å². The average Bonchev–Trinajstić information content (AvgIpc) is 3.21. The summed E-state index contributed by atoms with van der Waals surface area (Å²) in [7, 11) is 2.08. The summed E-state index contributed by atoms with van der Waals surface area (Å²) in [5.74, 6) is 0.730. The van der Waals surface area contributed by atoms with Crippen LogP contribution in [0.5, 0.6) is 0 Å². The quantitative estimate of drug-likeness (QED) is 0.776. The highest BCUT2D eigenvalue weighted by molar-refractivity contribution is 5.17. The first-order valence-corrected chi connectivity index (χ1v) is 7.36. The van der Waals surface area contributed by atoms with E-state index in [0.29, 0.717) is 12.6 Å². The second-order valence-corrected chi connectivity index (χ2v) is 5.69. The third-order valence-electron chi connectivity index (χ3n) is 3.75. The van der Waals surface area contributed by atoms with Gasteiger partial charge < -0.3 is 10.2 Å². The standard InChI is InChI=1S/C16H25FN2/c1-3-10-18-16(13-8-9-13)12-19(2)11-14-6-4-5-7-15(14)17/h4-7,13,16,18H,3,8-12H2,1-2H3. The summed E-state index contributed by atoms with van der Waals surface area (Å²) in [6.45, 7) is 4.96. The predicted octanol–water partition coefficient (Wildman–Crippen LogP) is 3.04. The van der Waals surface area contributed by atoms with Crippen molar-refractivity contribution in [3.63, 3.8) is 0 Å². The van der Waals surface area contributed by atoms with Crippen molar-refractivity contribution in [1.29, 1.82) is 0 Å². The number of nitrogens with one attached hydrogen (secondary N) is 1. The van der Waals surface area contributed by atoms with Crippen molar-refractivity contribution < 1.29 is 4.39 Å². The first-order valence-electron chi connectivity index (χ1n) is 7.36. The Morgan fingerprint density at radius 3 is 2.74 bits per heavy atom. The molecule has 1 atom stereocenters. The maximum atomic E-state index is 13.6. The molecule has 0 spiro atoms. The molecule has 3 heteroatoms.